The Hall–Kier alpha value is -2.66. The van der Waals surface area contributed by atoms with Gasteiger partial charge in [-0.25, -0.2) is 9.18 Å². The van der Waals surface area contributed by atoms with Gasteiger partial charge in [0.05, 0.1) is 11.6 Å². The summed E-state index contributed by atoms with van der Waals surface area (Å²) in [5, 5.41) is 2.63. The molecule has 24 heavy (non-hydrogen) atoms. The zero-order chi connectivity index (χ0) is 17.3. The van der Waals surface area contributed by atoms with Crippen LogP contribution in [-0.2, 0) is 11.3 Å². The number of aryl methyl sites for hydroxylation is 1. The fourth-order valence-electron chi connectivity index (χ4n) is 2.50. The third-order valence-electron chi connectivity index (χ3n) is 3.67. The van der Waals surface area contributed by atoms with Gasteiger partial charge in [-0.2, -0.15) is 0 Å². The fraction of sp³-hybridized carbons (Fsp3) is 0.111. The van der Waals surface area contributed by atoms with E-state index in [0.717, 1.165) is 16.0 Å². The number of carbonyl (C=O) groups excluding carboxylic acids is 2. The minimum absolute atomic E-state index is 0.000321. The Kier molecular flexibility index (Phi) is 4.36. The summed E-state index contributed by atoms with van der Waals surface area (Å²) in [5.41, 5.74) is 1.94. The first-order chi connectivity index (χ1) is 11.5. The lowest BCUT2D eigenvalue weighted by atomic mass is 10.1. The van der Waals surface area contributed by atoms with Gasteiger partial charge in [-0.1, -0.05) is 47.5 Å². The molecule has 4 nitrogen and oxygen atoms in total. The van der Waals surface area contributed by atoms with Crippen LogP contribution in [0, 0.1) is 12.7 Å². The number of urea groups is 1. The van der Waals surface area contributed by atoms with E-state index in [-0.39, 0.29) is 22.8 Å². The highest BCUT2D eigenvalue weighted by atomic mass is 35.5. The Morgan fingerprint density at radius 1 is 1.21 bits per heavy atom. The second kappa shape index (κ2) is 6.45. The minimum atomic E-state index is -0.561. The van der Waals surface area contributed by atoms with Gasteiger partial charge >= 0.3 is 6.03 Å². The lowest BCUT2D eigenvalue weighted by Crippen LogP contribution is -2.30. The molecule has 0 unspecified atom stereocenters. The van der Waals surface area contributed by atoms with Gasteiger partial charge in [-0.15, -0.1) is 0 Å². The van der Waals surface area contributed by atoms with E-state index >= 15 is 0 Å². The van der Waals surface area contributed by atoms with Crippen LogP contribution >= 0.6 is 11.6 Å². The van der Waals surface area contributed by atoms with Crippen molar-refractivity contribution in [2.75, 3.05) is 0 Å². The van der Waals surface area contributed by atoms with Crippen molar-refractivity contribution in [3.05, 3.63) is 75.7 Å². The average Bonchev–Trinajstić information content (AvgIpc) is 2.79. The normalized spacial score (nSPS) is 16.0. The molecule has 1 aliphatic rings. The molecule has 0 aliphatic carbocycles. The first-order valence-corrected chi connectivity index (χ1v) is 7.67. The highest BCUT2D eigenvalue weighted by molar-refractivity contribution is 6.32. The number of carbonyl (C=O) groups is 2. The van der Waals surface area contributed by atoms with E-state index in [0.29, 0.717) is 0 Å². The van der Waals surface area contributed by atoms with E-state index in [1.54, 1.807) is 0 Å². The maximum absolute atomic E-state index is 13.8. The number of hydrogen-bond acceptors (Lipinski definition) is 2. The largest absolute Gasteiger partial charge is 0.329 e. The molecule has 2 aromatic rings. The zero-order valence-corrected chi connectivity index (χ0v) is 13.6. The summed E-state index contributed by atoms with van der Waals surface area (Å²) in [7, 11) is 0. The van der Waals surface area contributed by atoms with Crippen molar-refractivity contribution < 1.29 is 14.0 Å². The molecule has 1 aliphatic heterocycles. The topological polar surface area (TPSA) is 49.4 Å². The van der Waals surface area contributed by atoms with Gasteiger partial charge in [-0.05, 0) is 30.7 Å². The van der Waals surface area contributed by atoms with Gasteiger partial charge in [0.1, 0.15) is 11.5 Å². The zero-order valence-electron chi connectivity index (χ0n) is 12.8. The van der Waals surface area contributed by atoms with Gasteiger partial charge in [-0.3, -0.25) is 9.69 Å². The molecule has 3 rings (SSSR count). The van der Waals surface area contributed by atoms with Crippen LogP contribution in [0.3, 0.4) is 0 Å². The predicted octanol–water partition coefficient (Wildman–Crippen LogP) is 3.88. The van der Waals surface area contributed by atoms with Crippen LogP contribution in [0.4, 0.5) is 9.18 Å². The molecular weight excluding hydrogens is 331 g/mol. The van der Waals surface area contributed by atoms with E-state index in [2.05, 4.69) is 5.32 Å². The van der Waals surface area contributed by atoms with Gasteiger partial charge in [0.15, 0.2) is 0 Å². The Morgan fingerprint density at radius 2 is 1.96 bits per heavy atom. The van der Waals surface area contributed by atoms with Gasteiger partial charge in [0.25, 0.3) is 5.91 Å². The molecule has 0 aromatic heterocycles. The summed E-state index contributed by atoms with van der Waals surface area (Å²) in [6.07, 6.45) is 1.26. The molecule has 0 bridgehead atoms. The second-order valence-corrected chi connectivity index (χ2v) is 5.91. The average molecular weight is 345 g/mol. The summed E-state index contributed by atoms with van der Waals surface area (Å²) in [4.78, 5) is 25.6. The van der Waals surface area contributed by atoms with Crippen molar-refractivity contribution in [3.63, 3.8) is 0 Å². The van der Waals surface area contributed by atoms with E-state index in [4.69, 9.17) is 11.6 Å². The molecule has 3 amide bonds. The number of imide groups is 1. The van der Waals surface area contributed by atoms with Gasteiger partial charge in [0.2, 0.25) is 0 Å². The Labute approximate surface area is 143 Å². The van der Waals surface area contributed by atoms with Gasteiger partial charge < -0.3 is 5.32 Å². The number of hydrogen-bond donors (Lipinski definition) is 1. The molecule has 6 heteroatoms. The second-order valence-electron chi connectivity index (χ2n) is 5.50. The molecule has 1 fully saturated rings. The van der Waals surface area contributed by atoms with Crippen molar-refractivity contribution in [1.29, 1.82) is 0 Å². The number of amides is 3. The van der Waals surface area contributed by atoms with E-state index in [1.807, 2.05) is 31.2 Å². The molecule has 0 atom stereocenters. The molecule has 1 heterocycles. The van der Waals surface area contributed by atoms with Crippen LogP contribution in [0.5, 0.6) is 0 Å². The molecular formula is C18H14ClFN2O2. The van der Waals surface area contributed by atoms with E-state index in [9.17, 15) is 14.0 Å². The number of nitrogens with one attached hydrogen (secondary N) is 1. The van der Waals surface area contributed by atoms with Gasteiger partial charge in [0, 0.05) is 5.56 Å². The van der Waals surface area contributed by atoms with Crippen LogP contribution in [-0.4, -0.2) is 16.8 Å². The minimum Gasteiger partial charge on any atom is -0.303 e. The highest BCUT2D eigenvalue weighted by Gasteiger charge is 2.33. The molecule has 0 saturated carbocycles. The van der Waals surface area contributed by atoms with Crippen LogP contribution in [0.2, 0.25) is 5.02 Å². The van der Waals surface area contributed by atoms with Crippen LogP contribution < -0.4 is 5.32 Å². The number of nitrogens with zero attached hydrogens (tertiary/aromatic N) is 1. The third kappa shape index (κ3) is 3.16. The summed E-state index contributed by atoms with van der Waals surface area (Å²) in [6, 6.07) is 11.2. The maximum atomic E-state index is 13.8. The number of halogens is 2. The van der Waals surface area contributed by atoms with Crippen LogP contribution in [0.1, 0.15) is 16.7 Å². The lowest BCUT2D eigenvalue weighted by Gasteiger charge is -2.12. The summed E-state index contributed by atoms with van der Waals surface area (Å²) in [6.45, 7) is 2.08. The van der Waals surface area contributed by atoms with Crippen molar-refractivity contribution in [2.45, 2.75) is 13.5 Å². The Bertz CT molecular complexity index is 844. The SMILES string of the molecule is Cc1cccc(CN2C(=O)N/C(=C/c3c(F)cccc3Cl)C2=O)c1. The molecule has 0 spiro atoms. The molecule has 2 aromatic carbocycles. The standard InChI is InChI=1S/C18H14ClFN2O2/c1-11-4-2-5-12(8-11)10-22-17(23)16(21-18(22)24)9-13-14(19)6-3-7-15(13)20/h2-9H,10H2,1H3,(H,21,24)/b16-9+. The van der Waals surface area contributed by atoms with Crippen LogP contribution in [0.25, 0.3) is 6.08 Å². The van der Waals surface area contributed by atoms with E-state index in [1.165, 1.54) is 24.3 Å². The maximum Gasteiger partial charge on any atom is 0.329 e. The quantitative estimate of drug-likeness (QED) is 0.678. The number of benzene rings is 2. The molecule has 1 N–H and O–H groups in total. The highest BCUT2D eigenvalue weighted by Crippen LogP contribution is 2.24. The Morgan fingerprint density at radius 3 is 2.67 bits per heavy atom. The molecule has 1 saturated heterocycles. The predicted molar refractivity (Wildman–Crippen MR) is 89.6 cm³/mol. The smallest absolute Gasteiger partial charge is 0.303 e. The van der Waals surface area contributed by atoms with Crippen LogP contribution in [0.15, 0.2) is 48.2 Å². The number of rotatable bonds is 3. The fourth-order valence-corrected chi connectivity index (χ4v) is 2.72. The Balaban J connectivity index is 1.88. The summed E-state index contributed by atoms with van der Waals surface area (Å²) >= 11 is 5.95. The van der Waals surface area contributed by atoms with E-state index < -0.39 is 17.8 Å². The third-order valence-corrected chi connectivity index (χ3v) is 4.00. The lowest BCUT2D eigenvalue weighted by molar-refractivity contribution is -0.123. The monoisotopic (exact) mass is 344 g/mol. The first-order valence-electron chi connectivity index (χ1n) is 7.30. The first kappa shape index (κ1) is 16.2. The summed E-state index contributed by atoms with van der Waals surface area (Å²) in [5.74, 6) is -1.07. The van der Waals surface area contributed by atoms with Crippen molar-refractivity contribution in [2.24, 2.45) is 0 Å². The summed E-state index contributed by atoms with van der Waals surface area (Å²) < 4.78 is 13.8. The van der Waals surface area contributed by atoms with Crippen molar-refractivity contribution in [3.8, 4) is 0 Å². The molecule has 0 radical (unpaired) electrons. The van der Waals surface area contributed by atoms with Crippen molar-refractivity contribution in [1.82, 2.24) is 10.2 Å². The van der Waals surface area contributed by atoms with Crippen molar-refractivity contribution >= 4 is 29.6 Å². The molecule has 122 valence electrons.